The number of likely N-dealkylation sites (tertiary alicyclic amines) is 1. The van der Waals surface area contributed by atoms with Gasteiger partial charge in [-0.05, 0) is 49.8 Å². The van der Waals surface area contributed by atoms with Gasteiger partial charge in [0.1, 0.15) is 0 Å². The van der Waals surface area contributed by atoms with Crippen LogP contribution in [0.4, 0.5) is 5.69 Å². The van der Waals surface area contributed by atoms with Gasteiger partial charge < -0.3 is 0 Å². The molecule has 0 amide bonds. The van der Waals surface area contributed by atoms with Crippen LogP contribution in [0.15, 0.2) is 60.7 Å². The van der Waals surface area contributed by atoms with Crippen molar-refractivity contribution in [2.24, 2.45) is 5.92 Å². The molecule has 2 aromatic carbocycles. The zero-order valence-electron chi connectivity index (χ0n) is 15.4. The lowest BCUT2D eigenvalue weighted by atomic mass is 9.75. The predicted octanol–water partition coefficient (Wildman–Crippen LogP) is 5.16. The summed E-state index contributed by atoms with van der Waals surface area (Å²) in [6, 6.07) is 22.0. The lowest BCUT2D eigenvalue weighted by molar-refractivity contribution is -0.161. The summed E-state index contributed by atoms with van der Waals surface area (Å²) in [7, 11) is 0. The van der Waals surface area contributed by atoms with Gasteiger partial charge in [-0.1, -0.05) is 55.0 Å². The summed E-state index contributed by atoms with van der Waals surface area (Å²) in [6.07, 6.45) is 7.61. The average Bonchev–Trinajstić information content (AvgIpc) is 3.36. The van der Waals surface area contributed by atoms with Crippen LogP contribution in [-0.2, 0) is 4.84 Å². The number of hydroxylamine groups is 1. The molecular formula is C23H28N2O. The highest BCUT2D eigenvalue weighted by molar-refractivity contribution is 5.48. The molecule has 0 radical (unpaired) electrons. The third-order valence-electron chi connectivity index (χ3n) is 6.56. The Morgan fingerprint density at radius 2 is 1.50 bits per heavy atom. The molecule has 2 saturated heterocycles. The van der Waals surface area contributed by atoms with Gasteiger partial charge in [0.2, 0.25) is 0 Å². The summed E-state index contributed by atoms with van der Waals surface area (Å²) < 4.78 is 0. The number of para-hydroxylation sites is 1. The van der Waals surface area contributed by atoms with Crippen LogP contribution in [0.1, 0.15) is 50.1 Å². The van der Waals surface area contributed by atoms with Gasteiger partial charge in [-0.2, -0.15) is 0 Å². The molecule has 3 aliphatic rings. The second kappa shape index (κ2) is 6.71. The molecule has 0 spiro atoms. The van der Waals surface area contributed by atoms with Crippen molar-refractivity contribution in [1.29, 1.82) is 0 Å². The van der Waals surface area contributed by atoms with E-state index in [1.807, 2.05) is 0 Å². The molecular weight excluding hydrogens is 320 g/mol. The number of anilines is 1. The molecule has 0 unspecified atom stereocenters. The van der Waals surface area contributed by atoms with Gasteiger partial charge in [0.15, 0.2) is 5.72 Å². The van der Waals surface area contributed by atoms with Crippen molar-refractivity contribution < 1.29 is 4.84 Å². The Labute approximate surface area is 156 Å². The fourth-order valence-electron chi connectivity index (χ4n) is 5.41. The van der Waals surface area contributed by atoms with Crippen molar-refractivity contribution in [3.63, 3.8) is 0 Å². The lowest BCUT2D eigenvalue weighted by Crippen LogP contribution is -2.53. The molecule has 3 fully saturated rings. The van der Waals surface area contributed by atoms with E-state index in [0.717, 1.165) is 6.42 Å². The number of benzene rings is 2. The Balaban J connectivity index is 1.61. The third kappa shape index (κ3) is 2.57. The molecule has 3 nitrogen and oxygen atoms in total. The fourth-order valence-corrected chi connectivity index (χ4v) is 5.41. The smallest absolute Gasteiger partial charge is 0.154 e. The van der Waals surface area contributed by atoms with Crippen molar-refractivity contribution in [3.05, 3.63) is 66.2 Å². The summed E-state index contributed by atoms with van der Waals surface area (Å²) in [4.78, 5) is 9.61. The van der Waals surface area contributed by atoms with Crippen LogP contribution in [0, 0.1) is 5.92 Å². The molecule has 2 aromatic rings. The van der Waals surface area contributed by atoms with Gasteiger partial charge >= 0.3 is 0 Å². The summed E-state index contributed by atoms with van der Waals surface area (Å²) >= 11 is 0. The minimum absolute atomic E-state index is 0.120. The summed E-state index contributed by atoms with van der Waals surface area (Å²) in [6.45, 7) is 2.36. The van der Waals surface area contributed by atoms with E-state index in [1.54, 1.807) is 0 Å². The van der Waals surface area contributed by atoms with Crippen molar-refractivity contribution in [2.75, 3.05) is 18.2 Å². The first kappa shape index (κ1) is 16.3. The molecule has 0 aromatic heterocycles. The number of hydrogen-bond acceptors (Lipinski definition) is 3. The van der Waals surface area contributed by atoms with E-state index in [2.05, 4.69) is 70.6 Å². The molecule has 3 atom stereocenters. The van der Waals surface area contributed by atoms with Gasteiger partial charge in [-0.25, -0.2) is 9.90 Å². The molecule has 136 valence electrons. The molecule has 26 heavy (non-hydrogen) atoms. The summed E-state index contributed by atoms with van der Waals surface area (Å²) in [5, 5.41) is 2.24. The number of rotatable bonds is 3. The number of fused-ring (bicyclic) bond motifs is 1. The maximum absolute atomic E-state index is 6.95. The second-order valence-electron chi connectivity index (χ2n) is 8.00. The fraction of sp³-hybridized carbons (Fsp3) is 0.478. The quantitative estimate of drug-likeness (QED) is 0.762. The van der Waals surface area contributed by atoms with Crippen LogP contribution < -0.4 is 5.06 Å². The lowest BCUT2D eigenvalue weighted by Gasteiger charge is -2.44. The Bertz CT molecular complexity index is 728. The molecule has 2 aliphatic heterocycles. The van der Waals surface area contributed by atoms with Crippen LogP contribution >= 0.6 is 0 Å². The van der Waals surface area contributed by atoms with Gasteiger partial charge in [0.05, 0.1) is 11.7 Å². The zero-order valence-corrected chi connectivity index (χ0v) is 15.4. The van der Waals surface area contributed by atoms with E-state index in [-0.39, 0.29) is 5.72 Å². The van der Waals surface area contributed by atoms with E-state index in [4.69, 9.17) is 4.84 Å². The number of hydrogen-bond donors (Lipinski definition) is 0. The molecule has 2 heterocycles. The molecule has 5 rings (SSSR count). The normalized spacial score (nSPS) is 31.9. The van der Waals surface area contributed by atoms with Gasteiger partial charge in [-0.3, -0.25) is 4.90 Å². The van der Waals surface area contributed by atoms with Crippen LogP contribution in [0.2, 0.25) is 0 Å². The van der Waals surface area contributed by atoms with E-state index >= 15 is 0 Å². The number of nitrogens with zero attached hydrogens (tertiary/aromatic N) is 2. The van der Waals surface area contributed by atoms with E-state index < -0.39 is 0 Å². The standard InChI is InChI=1S/C23H28N2O/c1-3-11-19(12-4-1)22-21-15-7-8-16-23(21,24-17-9-10-18-24)26-25(22)20-13-5-2-6-14-20/h1-6,11-14,21-22H,7-10,15-18H2/t21-,22+,23+/m1/s1. The van der Waals surface area contributed by atoms with E-state index in [9.17, 15) is 0 Å². The van der Waals surface area contributed by atoms with Crippen molar-refractivity contribution >= 4 is 5.69 Å². The monoisotopic (exact) mass is 348 g/mol. The topological polar surface area (TPSA) is 15.7 Å². The molecule has 3 heteroatoms. The highest BCUT2D eigenvalue weighted by Crippen LogP contribution is 2.55. The first-order valence-electron chi connectivity index (χ1n) is 10.2. The van der Waals surface area contributed by atoms with Crippen molar-refractivity contribution in [3.8, 4) is 0 Å². The largest absolute Gasteiger partial charge is 0.273 e. The van der Waals surface area contributed by atoms with Gasteiger partial charge in [-0.15, -0.1) is 0 Å². The first-order chi connectivity index (χ1) is 12.9. The Hall–Kier alpha value is -1.84. The molecule has 0 bridgehead atoms. The zero-order chi connectivity index (χ0) is 17.4. The minimum Gasteiger partial charge on any atom is -0.273 e. The second-order valence-corrected chi connectivity index (χ2v) is 8.00. The van der Waals surface area contributed by atoms with Crippen molar-refractivity contribution in [1.82, 2.24) is 4.90 Å². The van der Waals surface area contributed by atoms with Crippen LogP contribution in [0.25, 0.3) is 0 Å². The van der Waals surface area contributed by atoms with Crippen LogP contribution in [0.5, 0.6) is 0 Å². The third-order valence-corrected chi connectivity index (χ3v) is 6.56. The van der Waals surface area contributed by atoms with Crippen LogP contribution in [-0.4, -0.2) is 23.7 Å². The maximum atomic E-state index is 6.95. The highest BCUT2D eigenvalue weighted by atomic mass is 16.7. The van der Waals surface area contributed by atoms with E-state index in [0.29, 0.717) is 12.0 Å². The first-order valence-corrected chi connectivity index (χ1v) is 10.2. The Kier molecular flexibility index (Phi) is 4.22. The molecule has 0 N–H and O–H groups in total. The van der Waals surface area contributed by atoms with E-state index in [1.165, 1.54) is 56.4 Å². The highest BCUT2D eigenvalue weighted by Gasteiger charge is 2.59. The minimum atomic E-state index is -0.120. The summed E-state index contributed by atoms with van der Waals surface area (Å²) in [5.41, 5.74) is 2.43. The SMILES string of the molecule is c1ccc([C@H]2[C@H]3CCCC[C@]3(N3CCCC3)ON2c2ccccc2)cc1. The molecule has 1 aliphatic carbocycles. The summed E-state index contributed by atoms with van der Waals surface area (Å²) in [5.74, 6) is 0.525. The average molecular weight is 348 g/mol. The molecule has 1 saturated carbocycles. The Morgan fingerprint density at radius 1 is 0.808 bits per heavy atom. The maximum Gasteiger partial charge on any atom is 0.154 e. The Morgan fingerprint density at radius 3 is 2.23 bits per heavy atom. The van der Waals surface area contributed by atoms with Gasteiger partial charge in [0.25, 0.3) is 0 Å². The van der Waals surface area contributed by atoms with Crippen LogP contribution in [0.3, 0.4) is 0 Å². The van der Waals surface area contributed by atoms with Crippen molar-refractivity contribution in [2.45, 2.75) is 50.3 Å². The van der Waals surface area contributed by atoms with Gasteiger partial charge in [0, 0.05) is 19.0 Å². The predicted molar refractivity (Wildman–Crippen MR) is 105 cm³/mol.